The molecule has 0 saturated heterocycles. The molecule has 0 radical (unpaired) electrons. The van der Waals surface area contributed by atoms with Gasteiger partial charge in [-0.3, -0.25) is 4.79 Å². The maximum atomic E-state index is 12.6. The number of Topliss-reactive ketones (excluding diaryl/α,β-unsaturated/α-hetero) is 1. The molecule has 1 aliphatic heterocycles. The Morgan fingerprint density at radius 3 is 2.81 bits per heavy atom. The molecule has 0 amide bonds. The average molecular weight is 374 g/mol. The summed E-state index contributed by atoms with van der Waals surface area (Å²) >= 11 is 0. The van der Waals surface area contributed by atoms with Crippen LogP contribution in [0.4, 0.5) is 0 Å². The Bertz CT molecular complexity index is 771. The third kappa shape index (κ3) is 5.37. The van der Waals surface area contributed by atoms with Gasteiger partial charge in [0.25, 0.3) is 0 Å². The third-order valence-electron chi connectivity index (χ3n) is 4.41. The summed E-state index contributed by atoms with van der Waals surface area (Å²) < 4.78 is 10.7. The summed E-state index contributed by atoms with van der Waals surface area (Å²) in [5.41, 5.74) is 1.73. The van der Waals surface area contributed by atoms with Crippen LogP contribution in [-0.2, 0) is 22.4 Å². The molecule has 1 aliphatic rings. The van der Waals surface area contributed by atoms with E-state index < -0.39 is 0 Å². The van der Waals surface area contributed by atoms with Crippen molar-refractivity contribution in [3.63, 3.8) is 0 Å². The molecule has 2 rings (SSSR count). The van der Waals surface area contributed by atoms with Crippen LogP contribution in [0.5, 0.6) is 11.5 Å². The maximum Gasteiger partial charge on any atom is 0.170 e. The number of aliphatic hydroxyl groups excluding tert-OH is 2. The highest BCUT2D eigenvalue weighted by atomic mass is 16.5. The van der Waals surface area contributed by atoms with Crippen LogP contribution < -0.4 is 4.74 Å². The Kier molecular flexibility index (Phi) is 7.07. The lowest BCUT2D eigenvalue weighted by Crippen LogP contribution is -2.25. The van der Waals surface area contributed by atoms with Crippen LogP contribution in [0.1, 0.15) is 25.0 Å². The first-order valence-electron chi connectivity index (χ1n) is 8.78. The predicted molar refractivity (Wildman–Crippen MR) is 102 cm³/mol. The molecule has 6 nitrogen and oxygen atoms in total. The first kappa shape index (κ1) is 20.6. The van der Waals surface area contributed by atoms with Gasteiger partial charge in [0, 0.05) is 37.0 Å². The zero-order valence-corrected chi connectivity index (χ0v) is 15.8. The Morgan fingerprint density at radius 2 is 2.19 bits per heavy atom. The second-order valence-corrected chi connectivity index (χ2v) is 6.68. The number of hydrogen-bond donors (Lipinski definition) is 3. The fourth-order valence-electron chi connectivity index (χ4n) is 2.82. The molecule has 0 aromatic heterocycles. The van der Waals surface area contributed by atoms with E-state index in [-0.39, 0.29) is 42.3 Å². The molecule has 3 N–H and O–H groups in total. The van der Waals surface area contributed by atoms with E-state index >= 15 is 0 Å². The highest BCUT2D eigenvalue weighted by Gasteiger charge is 2.29. The van der Waals surface area contributed by atoms with Crippen molar-refractivity contribution in [2.75, 3.05) is 13.7 Å². The summed E-state index contributed by atoms with van der Waals surface area (Å²) in [5, 5.41) is 28.8. The van der Waals surface area contributed by atoms with Gasteiger partial charge >= 0.3 is 0 Å². The summed E-state index contributed by atoms with van der Waals surface area (Å²) in [5.74, 6) is 0.454. The van der Waals surface area contributed by atoms with Crippen molar-refractivity contribution in [1.82, 2.24) is 0 Å². The first-order valence-corrected chi connectivity index (χ1v) is 8.78. The second-order valence-electron chi connectivity index (χ2n) is 6.68. The van der Waals surface area contributed by atoms with E-state index in [4.69, 9.17) is 9.47 Å². The Morgan fingerprint density at radius 1 is 1.44 bits per heavy atom. The molecule has 0 spiro atoms. The van der Waals surface area contributed by atoms with E-state index in [1.807, 2.05) is 6.92 Å². The van der Waals surface area contributed by atoms with Crippen molar-refractivity contribution in [3.05, 3.63) is 59.1 Å². The predicted octanol–water partition coefficient (Wildman–Crippen LogP) is 2.98. The summed E-state index contributed by atoms with van der Waals surface area (Å²) in [6, 6.07) is 3.30. The number of methoxy groups -OCH3 is 1. The van der Waals surface area contributed by atoms with Gasteiger partial charge in [-0.25, -0.2) is 0 Å². The smallest absolute Gasteiger partial charge is 0.170 e. The van der Waals surface area contributed by atoms with E-state index in [1.54, 1.807) is 12.1 Å². The highest BCUT2D eigenvalue weighted by molar-refractivity contribution is 5.99. The topological polar surface area (TPSA) is 96.2 Å². The van der Waals surface area contributed by atoms with Crippen LogP contribution in [0.25, 0.3) is 0 Å². The second kappa shape index (κ2) is 9.28. The van der Waals surface area contributed by atoms with Crippen LogP contribution in [0.3, 0.4) is 0 Å². The highest BCUT2D eigenvalue weighted by Crippen LogP contribution is 2.37. The molecule has 1 heterocycles. The molecule has 0 fully saturated rings. The number of carbonyl (C=O) groups excluding carboxylic acids is 1. The van der Waals surface area contributed by atoms with Crippen molar-refractivity contribution in [2.45, 2.75) is 32.8 Å². The Labute approximate surface area is 159 Å². The zero-order chi connectivity index (χ0) is 20.0. The zero-order valence-electron chi connectivity index (χ0n) is 15.8. The number of rotatable bonds is 8. The van der Waals surface area contributed by atoms with Crippen LogP contribution in [-0.4, -0.2) is 40.9 Å². The van der Waals surface area contributed by atoms with E-state index in [0.717, 1.165) is 5.56 Å². The van der Waals surface area contributed by atoms with E-state index in [9.17, 15) is 20.1 Å². The molecule has 1 aromatic carbocycles. The van der Waals surface area contributed by atoms with Gasteiger partial charge in [0.1, 0.15) is 17.6 Å². The monoisotopic (exact) mass is 374 g/mol. The van der Waals surface area contributed by atoms with Gasteiger partial charge < -0.3 is 24.8 Å². The van der Waals surface area contributed by atoms with Crippen molar-refractivity contribution < 1.29 is 29.6 Å². The number of ether oxygens (including phenoxy) is 2. The number of allylic oxidation sites excluding steroid dienone is 5. The van der Waals surface area contributed by atoms with Crippen molar-refractivity contribution in [3.8, 4) is 11.5 Å². The lowest BCUT2D eigenvalue weighted by atomic mass is 9.96. The molecule has 0 aliphatic carbocycles. The number of phenolic OH excluding ortho intramolecular Hbond substituents is 1. The lowest BCUT2D eigenvalue weighted by molar-refractivity contribution is -0.114. The van der Waals surface area contributed by atoms with Gasteiger partial charge in [-0.15, -0.1) is 0 Å². The number of carbonyl (C=O) groups is 1. The van der Waals surface area contributed by atoms with Gasteiger partial charge in [-0.1, -0.05) is 13.0 Å². The van der Waals surface area contributed by atoms with Crippen LogP contribution >= 0.6 is 0 Å². The molecule has 2 unspecified atom stereocenters. The summed E-state index contributed by atoms with van der Waals surface area (Å²) in [6.45, 7) is 3.45. The van der Waals surface area contributed by atoms with E-state index in [2.05, 4.69) is 0 Å². The van der Waals surface area contributed by atoms with Crippen LogP contribution in [0.15, 0.2) is 48.0 Å². The largest absolute Gasteiger partial charge is 0.513 e. The van der Waals surface area contributed by atoms with E-state index in [1.165, 1.54) is 38.5 Å². The quantitative estimate of drug-likeness (QED) is 0.368. The standard InChI is InChI=1S/C21H26O6/c1-13(11-22)20-9-17-7-16(19(25)10-21(17)27-20)8-18(24)15(12-26-3)6-4-5-14(2)23/h4-7,10,12-13,20,22-23,25H,8-9,11H2,1-3H3/b6-4-,14-5+,15-12-. The van der Waals surface area contributed by atoms with Gasteiger partial charge in [0.05, 0.1) is 24.7 Å². The van der Waals surface area contributed by atoms with Crippen molar-refractivity contribution >= 4 is 5.78 Å². The Hall–Kier alpha value is -2.73. The molecule has 0 bridgehead atoms. The molecule has 1 aromatic rings. The number of aliphatic hydroxyl groups is 2. The average Bonchev–Trinajstić information content (AvgIpc) is 3.03. The normalized spacial score (nSPS) is 18.3. The number of ketones is 1. The molecule has 2 atom stereocenters. The number of fused-ring (bicyclic) bond motifs is 1. The SMILES string of the molecule is CO/C=C(/C=C\C=C(/C)O)C(=O)Cc1cc2c(cc1O)OC(C(C)CO)C2. The van der Waals surface area contributed by atoms with Crippen LogP contribution in [0, 0.1) is 5.92 Å². The first-order chi connectivity index (χ1) is 12.8. The van der Waals surface area contributed by atoms with E-state index in [0.29, 0.717) is 23.3 Å². The number of phenols is 1. The fraction of sp³-hybridized carbons (Fsp3) is 0.381. The molecular weight excluding hydrogens is 348 g/mol. The summed E-state index contributed by atoms with van der Waals surface area (Å²) in [7, 11) is 1.45. The molecule has 146 valence electrons. The molecular formula is C21H26O6. The number of aromatic hydroxyl groups is 1. The minimum absolute atomic E-state index is 0.000683. The van der Waals surface area contributed by atoms with Crippen molar-refractivity contribution in [1.29, 1.82) is 0 Å². The van der Waals surface area contributed by atoms with Gasteiger partial charge in [-0.05, 0) is 30.7 Å². The van der Waals surface area contributed by atoms with Crippen molar-refractivity contribution in [2.24, 2.45) is 5.92 Å². The molecule has 0 saturated carbocycles. The third-order valence-corrected chi connectivity index (χ3v) is 4.41. The minimum Gasteiger partial charge on any atom is -0.513 e. The fourth-order valence-corrected chi connectivity index (χ4v) is 2.82. The minimum atomic E-state index is -0.230. The maximum absolute atomic E-state index is 12.6. The van der Waals surface area contributed by atoms with Gasteiger partial charge in [0.2, 0.25) is 0 Å². The van der Waals surface area contributed by atoms with Crippen LogP contribution in [0.2, 0.25) is 0 Å². The van der Waals surface area contributed by atoms with Gasteiger partial charge in [-0.2, -0.15) is 0 Å². The summed E-state index contributed by atoms with van der Waals surface area (Å²) in [6.07, 6.45) is 6.36. The molecule has 6 heteroatoms. The Balaban J connectivity index is 2.18. The summed E-state index contributed by atoms with van der Waals surface area (Å²) in [4.78, 5) is 12.6. The van der Waals surface area contributed by atoms with Gasteiger partial charge in [0.15, 0.2) is 5.78 Å². The lowest BCUT2D eigenvalue weighted by Gasteiger charge is -2.16. The molecule has 27 heavy (non-hydrogen) atoms. The number of benzene rings is 1. The number of hydrogen-bond acceptors (Lipinski definition) is 6.